The standard InChI is InChI=1S/C7H5BrFNO2/c8-4-1-3(10)2-5(9)6(4)7(11)12/h1-2H,10H2,(H,11,12). The molecule has 5 heteroatoms. The highest BCUT2D eigenvalue weighted by Crippen LogP contribution is 2.23. The Morgan fingerprint density at radius 2 is 2.17 bits per heavy atom. The van der Waals surface area contributed by atoms with E-state index < -0.39 is 17.3 Å². The lowest BCUT2D eigenvalue weighted by molar-refractivity contribution is 0.0691. The smallest absolute Gasteiger partial charge is 0.339 e. The van der Waals surface area contributed by atoms with Crippen molar-refractivity contribution < 1.29 is 14.3 Å². The second-order valence-corrected chi connectivity index (χ2v) is 3.02. The summed E-state index contributed by atoms with van der Waals surface area (Å²) < 4.78 is 13.0. The highest BCUT2D eigenvalue weighted by molar-refractivity contribution is 9.10. The van der Waals surface area contributed by atoms with Crippen molar-refractivity contribution in [3.05, 3.63) is 28.0 Å². The largest absolute Gasteiger partial charge is 0.478 e. The molecule has 0 aromatic heterocycles. The number of benzene rings is 1. The van der Waals surface area contributed by atoms with Crippen LogP contribution in [0.25, 0.3) is 0 Å². The molecule has 0 saturated heterocycles. The first-order valence-corrected chi connectivity index (χ1v) is 3.79. The van der Waals surface area contributed by atoms with E-state index in [-0.39, 0.29) is 10.2 Å². The summed E-state index contributed by atoms with van der Waals surface area (Å²) in [5.41, 5.74) is 5.05. The number of halogens is 2. The number of rotatable bonds is 1. The Bertz CT molecular complexity index is 317. The molecule has 3 nitrogen and oxygen atoms in total. The van der Waals surface area contributed by atoms with Gasteiger partial charge in [-0.1, -0.05) is 0 Å². The minimum absolute atomic E-state index is 0.146. The number of hydrogen-bond donors (Lipinski definition) is 2. The molecular weight excluding hydrogens is 229 g/mol. The number of nitrogens with two attached hydrogens (primary N) is 1. The van der Waals surface area contributed by atoms with Crippen LogP contribution in [0, 0.1) is 5.82 Å². The van der Waals surface area contributed by atoms with E-state index in [1.807, 2.05) is 0 Å². The molecule has 0 atom stereocenters. The molecule has 0 aliphatic carbocycles. The van der Waals surface area contributed by atoms with E-state index >= 15 is 0 Å². The first-order valence-electron chi connectivity index (χ1n) is 3.00. The molecule has 64 valence electrons. The molecule has 1 aromatic carbocycles. The van der Waals surface area contributed by atoms with Crippen molar-refractivity contribution in [2.24, 2.45) is 0 Å². The monoisotopic (exact) mass is 233 g/mol. The lowest BCUT2D eigenvalue weighted by Gasteiger charge is -2.01. The number of aromatic carboxylic acids is 1. The fraction of sp³-hybridized carbons (Fsp3) is 0. The van der Waals surface area contributed by atoms with Gasteiger partial charge < -0.3 is 10.8 Å². The lowest BCUT2D eigenvalue weighted by Crippen LogP contribution is -2.02. The van der Waals surface area contributed by atoms with Gasteiger partial charge in [-0.3, -0.25) is 0 Å². The third-order valence-corrected chi connectivity index (χ3v) is 1.90. The Morgan fingerprint density at radius 1 is 1.58 bits per heavy atom. The predicted molar refractivity (Wildman–Crippen MR) is 45.5 cm³/mol. The van der Waals surface area contributed by atoms with Crippen LogP contribution in [0.2, 0.25) is 0 Å². The first-order chi connectivity index (χ1) is 5.52. The van der Waals surface area contributed by atoms with Gasteiger partial charge in [0.2, 0.25) is 0 Å². The molecule has 0 aliphatic rings. The Labute approximate surface area is 76.1 Å². The molecule has 1 rings (SSSR count). The van der Waals surface area contributed by atoms with Crippen molar-refractivity contribution in [2.75, 3.05) is 5.73 Å². The highest BCUT2D eigenvalue weighted by atomic mass is 79.9. The third-order valence-electron chi connectivity index (χ3n) is 1.28. The second kappa shape index (κ2) is 3.10. The average molecular weight is 234 g/mol. The van der Waals surface area contributed by atoms with Crippen LogP contribution < -0.4 is 5.73 Å². The van der Waals surface area contributed by atoms with E-state index in [1.54, 1.807) is 0 Å². The molecular formula is C7H5BrFNO2. The zero-order valence-corrected chi connectivity index (χ0v) is 7.43. The van der Waals surface area contributed by atoms with Gasteiger partial charge in [0.05, 0.1) is 0 Å². The number of carboxylic acid groups (broad SMARTS) is 1. The van der Waals surface area contributed by atoms with Gasteiger partial charge in [-0.25, -0.2) is 9.18 Å². The number of hydrogen-bond acceptors (Lipinski definition) is 2. The first kappa shape index (κ1) is 8.99. The van der Waals surface area contributed by atoms with Gasteiger partial charge in [-0.15, -0.1) is 0 Å². The van der Waals surface area contributed by atoms with Crippen LogP contribution in [-0.4, -0.2) is 11.1 Å². The van der Waals surface area contributed by atoms with Crippen molar-refractivity contribution in [1.82, 2.24) is 0 Å². The summed E-state index contributed by atoms with van der Waals surface area (Å²) in [5, 5.41) is 8.53. The second-order valence-electron chi connectivity index (χ2n) is 2.16. The summed E-state index contributed by atoms with van der Waals surface area (Å²) in [6, 6.07) is 2.31. The molecule has 0 radical (unpaired) electrons. The summed E-state index contributed by atoms with van der Waals surface area (Å²) >= 11 is 2.90. The van der Waals surface area contributed by atoms with Gasteiger partial charge >= 0.3 is 5.97 Å². The van der Waals surface area contributed by atoms with Gasteiger partial charge in [0.15, 0.2) is 0 Å². The molecule has 12 heavy (non-hydrogen) atoms. The number of carbonyl (C=O) groups is 1. The topological polar surface area (TPSA) is 63.3 Å². The summed E-state index contributed by atoms with van der Waals surface area (Å²) in [7, 11) is 0. The van der Waals surface area contributed by atoms with Gasteiger partial charge in [0, 0.05) is 10.2 Å². The van der Waals surface area contributed by atoms with Crippen molar-refractivity contribution >= 4 is 27.6 Å². The van der Waals surface area contributed by atoms with E-state index in [0.29, 0.717) is 0 Å². The van der Waals surface area contributed by atoms with Crippen LogP contribution in [0.4, 0.5) is 10.1 Å². The Kier molecular flexibility index (Phi) is 2.32. The van der Waals surface area contributed by atoms with Crippen molar-refractivity contribution in [2.45, 2.75) is 0 Å². The number of carboxylic acids is 1. The van der Waals surface area contributed by atoms with Crippen molar-refractivity contribution in [1.29, 1.82) is 0 Å². The van der Waals surface area contributed by atoms with Crippen molar-refractivity contribution in [3.8, 4) is 0 Å². The van der Waals surface area contributed by atoms with Gasteiger partial charge in [0.1, 0.15) is 11.4 Å². The highest BCUT2D eigenvalue weighted by Gasteiger charge is 2.14. The minimum Gasteiger partial charge on any atom is -0.478 e. The van der Waals surface area contributed by atoms with E-state index in [2.05, 4.69) is 15.9 Å². The van der Waals surface area contributed by atoms with Crippen LogP contribution in [0.3, 0.4) is 0 Å². The number of nitrogen functional groups attached to an aromatic ring is 1. The minimum atomic E-state index is -1.32. The maximum Gasteiger partial charge on any atom is 0.339 e. The Hall–Kier alpha value is -1.10. The zero-order valence-electron chi connectivity index (χ0n) is 5.84. The molecule has 0 saturated carbocycles. The predicted octanol–water partition coefficient (Wildman–Crippen LogP) is 1.87. The molecule has 0 amide bonds. The lowest BCUT2D eigenvalue weighted by atomic mass is 10.2. The zero-order chi connectivity index (χ0) is 9.30. The SMILES string of the molecule is Nc1cc(F)c(C(=O)O)c(Br)c1. The Morgan fingerprint density at radius 3 is 2.58 bits per heavy atom. The van der Waals surface area contributed by atoms with Crippen LogP contribution in [0.15, 0.2) is 16.6 Å². The summed E-state index contributed by atoms with van der Waals surface area (Å²) in [6.07, 6.45) is 0. The van der Waals surface area contributed by atoms with Crippen molar-refractivity contribution in [3.63, 3.8) is 0 Å². The molecule has 0 fully saturated rings. The fourth-order valence-corrected chi connectivity index (χ4v) is 1.42. The van der Waals surface area contributed by atoms with E-state index in [0.717, 1.165) is 6.07 Å². The maximum atomic E-state index is 12.9. The quantitative estimate of drug-likeness (QED) is 0.729. The average Bonchev–Trinajstić information content (AvgIpc) is 1.82. The van der Waals surface area contributed by atoms with Gasteiger partial charge in [0.25, 0.3) is 0 Å². The van der Waals surface area contributed by atoms with E-state index in [9.17, 15) is 9.18 Å². The molecule has 1 aromatic rings. The Balaban J connectivity index is 3.38. The molecule has 0 spiro atoms. The fourth-order valence-electron chi connectivity index (χ4n) is 0.797. The normalized spacial score (nSPS) is 9.83. The molecule has 0 aliphatic heterocycles. The summed E-state index contributed by atoms with van der Waals surface area (Å²) in [4.78, 5) is 10.4. The summed E-state index contributed by atoms with van der Waals surface area (Å²) in [6.45, 7) is 0. The molecule has 0 bridgehead atoms. The molecule has 3 N–H and O–H groups in total. The number of anilines is 1. The third kappa shape index (κ3) is 1.55. The maximum absolute atomic E-state index is 12.9. The van der Waals surface area contributed by atoms with E-state index in [4.69, 9.17) is 10.8 Å². The summed E-state index contributed by atoms with van der Waals surface area (Å²) in [5.74, 6) is -2.16. The molecule has 0 unspecified atom stereocenters. The van der Waals surface area contributed by atoms with Gasteiger partial charge in [-0.05, 0) is 28.1 Å². The van der Waals surface area contributed by atoms with Gasteiger partial charge in [-0.2, -0.15) is 0 Å². The molecule has 0 heterocycles. The van der Waals surface area contributed by atoms with Crippen LogP contribution in [0.1, 0.15) is 10.4 Å². The van der Waals surface area contributed by atoms with Crippen LogP contribution in [-0.2, 0) is 0 Å². The van der Waals surface area contributed by atoms with Crippen LogP contribution >= 0.6 is 15.9 Å². The van der Waals surface area contributed by atoms with E-state index in [1.165, 1.54) is 6.07 Å². The van der Waals surface area contributed by atoms with Crippen LogP contribution in [0.5, 0.6) is 0 Å².